The Kier molecular flexibility index (Phi) is 4.58. The Morgan fingerprint density at radius 3 is 2.28 bits per heavy atom. The fourth-order valence-corrected chi connectivity index (χ4v) is 13.6. The Morgan fingerprint density at radius 1 is 0.833 bits per heavy atom. The Morgan fingerprint density at radius 2 is 1.56 bits per heavy atom. The van der Waals surface area contributed by atoms with Crippen LogP contribution in [0.1, 0.15) is 112 Å². The number of aliphatic hydroxyl groups is 1. The number of hydrogen-bond donors (Lipinski definition) is 2. The van der Waals surface area contributed by atoms with E-state index in [1.807, 2.05) is 6.92 Å². The molecule has 2 N–H and O–H groups in total. The van der Waals surface area contributed by atoms with Crippen LogP contribution in [0.4, 0.5) is 0 Å². The van der Waals surface area contributed by atoms with E-state index in [9.17, 15) is 15.0 Å². The highest BCUT2D eigenvalue weighted by Gasteiger charge is 2.78. The van der Waals surface area contributed by atoms with Gasteiger partial charge in [-0.25, -0.2) is 0 Å². The molecule has 2 bridgehead atoms. The summed E-state index contributed by atoms with van der Waals surface area (Å²) in [5.41, 5.74) is 0.582. The molecule has 0 aromatic rings. The molecule has 0 amide bonds. The lowest BCUT2D eigenvalue weighted by molar-refractivity contribution is -0.308. The standard InChI is InChI=1S/C32H50O4/c1-19-31-10-9-22-28(4)14-13-26(2)11-12-27(3,25(33)34)17-23(26)29(28,5)16-21-8-7-20(24(31)30(21,22)6)15-32(19,35)36-18-31/h19-24,35H,7-18H2,1-6H3,(H,33,34). The van der Waals surface area contributed by atoms with Gasteiger partial charge in [0.05, 0.1) is 12.0 Å². The molecule has 6 aliphatic carbocycles. The van der Waals surface area contributed by atoms with Crippen molar-refractivity contribution in [2.24, 2.45) is 68.0 Å². The summed E-state index contributed by atoms with van der Waals surface area (Å²) in [7, 11) is 0. The Bertz CT molecular complexity index is 1010. The molecule has 13 atom stereocenters. The van der Waals surface area contributed by atoms with Crippen molar-refractivity contribution in [3.8, 4) is 0 Å². The van der Waals surface area contributed by atoms with Crippen molar-refractivity contribution in [1.82, 2.24) is 0 Å². The molecule has 0 aromatic heterocycles. The molecule has 13 unspecified atom stereocenters. The molecule has 7 aliphatic rings. The molecule has 7 rings (SSSR count). The Labute approximate surface area is 218 Å². The summed E-state index contributed by atoms with van der Waals surface area (Å²) in [4.78, 5) is 12.5. The van der Waals surface area contributed by atoms with Gasteiger partial charge in [0.1, 0.15) is 0 Å². The van der Waals surface area contributed by atoms with Gasteiger partial charge in [0.15, 0.2) is 5.79 Å². The molecule has 7 fully saturated rings. The molecule has 0 aromatic carbocycles. The van der Waals surface area contributed by atoms with E-state index in [1.165, 1.54) is 44.9 Å². The maximum atomic E-state index is 12.5. The zero-order valence-electron chi connectivity index (χ0n) is 23.7. The summed E-state index contributed by atoms with van der Waals surface area (Å²) in [5, 5.41) is 21.7. The van der Waals surface area contributed by atoms with E-state index in [-0.39, 0.29) is 27.6 Å². The van der Waals surface area contributed by atoms with Crippen LogP contribution in [-0.2, 0) is 9.53 Å². The molecule has 36 heavy (non-hydrogen) atoms. The third-order valence-electron chi connectivity index (χ3n) is 15.8. The zero-order chi connectivity index (χ0) is 25.7. The molecule has 4 nitrogen and oxygen atoms in total. The SMILES string of the molecule is CC1C2(O)CC3CCC4CC5(C)C6CC(C)(C(=O)O)CCC6(C)CCC5(C)C5CCC1(CO2)C3C45C. The Balaban J connectivity index is 1.34. The van der Waals surface area contributed by atoms with Gasteiger partial charge in [0, 0.05) is 17.8 Å². The van der Waals surface area contributed by atoms with E-state index >= 15 is 0 Å². The third kappa shape index (κ3) is 2.46. The van der Waals surface area contributed by atoms with Gasteiger partial charge in [-0.15, -0.1) is 0 Å². The smallest absolute Gasteiger partial charge is 0.309 e. The maximum absolute atomic E-state index is 12.5. The number of carboxylic acids is 1. The molecular formula is C32H50O4. The minimum atomic E-state index is -0.902. The molecule has 1 spiro atoms. The first-order chi connectivity index (χ1) is 16.7. The highest BCUT2D eigenvalue weighted by atomic mass is 16.6. The summed E-state index contributed by atoms with van der Waals surface area (Å²) in [6.45, 7) is 15.6. The first kappa shape index (κ1) is 24.4. The molecule has 0 radical (unpaired) electrons. The number of hydrogen-bond acceptors (Lipinski definition) is 3. The van der Waals surface area contributed by atoms with Crippen LogP contribution >= 0.6 is 0 Å². The van der Waals surface area contributed by atoms with Crippen molar-refractivity contribution in [2.75, 3.05) is 6.61 Å². The van der Waals surface area contributed by atoms with Gasteiger partial charge < -0.3 is 14.9 Å². The van der Waals surface area contributed by atoms with Crippen molar-refractivity contribution in [3.63, 3.8) is 0 Å². The fraction of sp³-hybridized carbons (Fsp3) is 0.969. The van der Waals surface area contributed by atoms with Crippen molar-refractivity contribution >= 4 is 5.97 Å². The highest BCUT2D eigenvalue weighted by Crippen LogP contribution is 2.82. The first-order valence-corrected chi connectivity index (χ1v) is 15.3. The van der Waals surface area contributed by atoms with E-state index in [0.29, 0.717) is 35.0 Å². The van der Waals surface area contributed by atoms with Crippen LogP contribution in [-0.4, -0.2) is 28.6 Å². The second kappa shape index (κ2) is 6.75. The van der Waals surface area contributed by atoms with Crippen molar-refractivity contribution < 1.29 is 19.7 Å². The average Bonchev–Trinajstić information content (AvgIpc) is 2.96. The Hall–Kier alpha value is -0.610. The topological polar surface area (TPSA) is 66.8 Å². The first-order valence-electron chi connectivity index (χ1n) is 15.3. The molecule has 202 valence electrons. The van der Waals surface area contributed by atoms with Crippen LogP contribution in [0.25, 0.3) is 0 Å². The van der Waals surface area contributed by atoms with E-state index in [2.05, 4.69) is 34.6 Å². The van der Waals surface area contributed by atoms with Crippen molar-refractivity contribution in [2.45, 2.75) is 118 Å². The van der Waals surface area contributed by atoms with Gasteiger partial charge in [-0.05, 0) is 122 Å². The van der Waals surface area contributed by atoms with E-state index < -0.39 is 17.2 Å². The summed E-state index contributed by atoms with van der Waals surface area (Å²) < 4.78 is 6.29. The van der Waals surface area contributed by atoms with Gasteiger partial charge >= 0.3 is 5.97 Å². The summed E-state index contributed by atoms with van der Waals surface area (Å²) >= 11 is 0. The molecule has 1 heterocycles. The van der Waals surface area contributed by atoms with Crippen molar-refractivity contribution in [1.29, 1.82) is 0 Å². The van der Waals surface area contributed by atoms with Crippen LogP contribution in [0, 0.1) is 68.0 Å². The quantitative estimate of drug-likeness (QED) is 0.413. The molecule has 6 saturated carbocycles. The minimum Gasteiger partial charge on any atom is -0.481 e. The normalized spacial score (nSPS) is 65.2. The van der Waals surface area contributed by atoms with Crippen LogP contribution in [0.5, 0.6) is 0 Å². The van der Waals surface area contributed by atoms with Crippen molar-refractivity contribution in [3.05, 3.63) is 0 Å². The summed E-state index contributed by atoms with van der Waals surface area (Å²) in [6.07, 6.45) is 12.4. The van der Waals surface area contributed by atoms with Gasteiger partial charge in [-0.1, -0.05) is 34.6 Å². The number of ether oxygens (including phenoxy) is 1. The van der Waals surface area contributed by atoms with Crippen LogP contribution in [0.3, 0.4) is 0 Å². The van der Waals surface area contributed by atoms with E-state index in [1.54, 1.807) is 0 Å². The van der Waals surface area contributed by atoms with Gasteiger partial charge in [-0.3, -0.25) is 4.79 Å². The number of aliphatic carboxylic acids is 1. The molecule has 1 saturated heterocycles. The largest absolute Gasteiger partial charge is 0.481 e. The van der Waals surface area contributed by atoms with Crippen LogP contribution < -0.4 is 0 Å². The number of carbonyl (C=O) groups is 1. The number of fused-ring (bicyclic) bond motifs is 5. The second-order valence-electron chi connectivity index (χ2n) is 16.6. The number of carboxylic acid groups (broad SMARTS) is 1. The van der Waals surface area contributed by atoms with Crippen LogP contribution in [0.15, 0.2) is 0 Å². The number of rotatable bonds is 1. The summed E-state index contributed by atoms with van der Waals surface area (Å²) in [6, 6.07) is 0. The fourth-order valence-electron chi connectivity index (χ4n) is 13.6. The lowest BCUT2D eigenvalue weighted by atomic mass is 9.26. The molecule has 1 aliphatic heterocycles. The van der Waals surface area contributed by atoms with Gasteiger partial charge in [0.2, 0.25) is 0 Å². The highest BCUT2D eigenvalue weighted by molar-refractivity contribution is 5.74. The lowest BCUT2D eigenvalue weighted by Crippen LogP contribution is -2.73. The van der Waals surface area contributed by atoms with Gasteiger partial charge in [0.25, 0.3) is 0 Å². The minimum absolute atomic E-state index is 0.140. The second-order valence-corrected chi connectivity index (χ2v) is 16.6. The monoisotopic (exact) mass is 498 g/mol. The van der Waals surface area contributed by atoms with Gasteiger partial charge in [-0.2, -0.15) is 0 Å². The average molecular weight is 499 g/mol. The molecule has 4 heteroatoms. The maximum Gasteiger partial charge on any atom is 0.309 e. The predicted octanol–water partition coefficient (Wildman–Crippen LogP) is 6.90. The lowest BCUT2D eigenvalue weighted by Gasteiger charge is -2.78. The zero-order valence-corrected chi connectivity index (χ0v) is 23.7. The van der Waals surface area contributed by atoms with Crippen LogP contribution in [0.2, 0.25) is 0 Å². The summed E-state index contributed by atoms with van der Waals surface area (Å²) in [5.74, 6) is 1.88. The predicted molar refractivity (Wildman–Crippen MR) is 139 cm³/mol. The molecular weight excluding hydrogens is 448 g/mol. The van der Waals surface area contributed by atoms with E-state index in [4.69, 9.17) is 4.74 Å². The van der Waals surface area contributed by atoms with E-state index in [0.717, 1.165) is 32.3 Å². The third-order valence-corrected chi connectivity index (χ3v) is 15.8.